The molecule has 1 heterocycles. The van der Waals surface area contributed by atoms with Gasteiger partial charge in [-0.1, -0.05) is 18.2 Å². The maximum atomic E-state index is 2.47. The highest BCUT2D eigenvalue weighted by atomic mass is 32.2. The summed E-state index contributed by atoms with van der Waals surface area (Å²) >= 11 is 0. The van der Waals surface area contributed by atoms with Crippen molar-refractivity contribution in [1.82, 2.24) is 0 Å². The minimum atomic E-state index is 0.597. The van der Waals surface area contributed by atoms with Crippen LogP contribution in [0.4, 0.5) is 0 Å². The van der Waals surface area contributed by atoms with E-state index in [0.717, 1.165) is 0 Å². The van der Waals surface area contributed by atoms with Crippen molar-refractivity contribution >= 4 is 15.8 Å². The van der Waals surface area contributed by atoms with Crippen molar-refractivity contribution in [3.8, 4) is 0 Å². The Labute approximate surface area is 88.4 Å². The third-order valence-corrected chi connectivity index (χ3v) is 5.70. The lowest BCUT2D eigenvalue weighted by Crippen LogP contribution is -2.04. The summed E-state index contributed by atoms with van der Waals surface area (Å²) in [7, 11) is 0.597. The second kappa shape index (κ2) is 3.47. The normalized spacial score (nSPS) is 21.0. The summed E-state index contributed by atoms with van der Waals surface area (Å²) in [6, 6.07) is 8.92. The van der Waals surface area contributed by atoms with Gasteiger partial charge in [-0.3, -0.25) is 0 Å². The smallest absolute Gasteiger partial charge is 0.0619 e. The van der Waals surface area contributed by atoms with Crippen LogP contribution in [0, 0.1) is 0 Å². The number of benzene rings is 1. The summed E-state index contributed by atoms with van der Waals surface area (Å²) in [4.78, 5) is 1.68. The molecule has 0 N–H and O–H groups in total. The Bertz CT molecular complexity index is 373. The molecule has 1 heteroatoms. The van der Waals surface area contributed by atoms with E-state index in [4.69, 9.17) is 0 Å². The van der Waals surface area contributed by atoms with E-state index in [0.29, 0.717) is 10.9 Å². The molecule has 0 aromatic heterocycles. The Morgan fingerprint density at radius 2 is 1.79 bits per heavy atom. The van der Waals surface area contributed by atoms with Gasteiger partial charge < -0.3 is 0 Å². The molecule has 1 saturated heterocycles. The fraction of sp³-hybridized carbons (Fsp3) is 0.385. The maximum absolute atomic E-state index is 2.47. The van der Waals surface area contributed by atoms with Gasteiger partial charge in [0.1, 0.15) is 11.5 Å². The van der Waals surface area contributed by atoms with Crippen LogP contribution in [0.5, 0.6) is 0 Å². The van der Waals surface area contributed by atoms with E-state index in [1.54, 1.807) is 16.0 Å². The van der Waals surface area contributed by atoms with Gasteiger partial charge in [0.05, 0.1) is 0 Å². The fourth-order valence-corrected chi connectivity index (χ4v) is 4.98. The molecule has 0 saturated carbocycles. The molecule has 72 valence electrons. The Balaban J connectivity index is 1.95. The lowest BCUT2D eigenvalue weighted by Gasteiger charge is -2.03. The predicted molar refractivity (Wildman–Crippen MR) is 64.5 cm³/mol. The molecule has 1 fully saturated rings. The van der Waals surface area contributed by atoms with Crippen molar-refractivity contribution in [3.05, 3.63) is 41.5 Å². The van der Waals surface area contributed by atoms with E-state index >= 15 is 0 Å². The van der Waals surface area contributed by atoms with Gasteiger partial charge in [0.25, 0.3) is 0 Å². The summed E-state index contributed by atoms with van der Waals surface area (Å²) in [6.45, 7) is 0. The van der Waals surface area contributed by atoms with Crippen molar-refractivity contribution in [3.63, 3.8) is 0 Å². The number of hydrogen-bond donors (Lipinski definition) is 0. The SMILES string of the molecule is C1=C([S+]2CCCC2)c2ccccc2C1. The van der Waals surface area contributed by atoms with Crippen LogP contribution in [0.15, 0.2) is 30.3 Å². The summed E-state index contributed by atoms with van der Waals surface area (Å²) in [5.41, 5.74) is 3.10. The Hall–Kier alpha value is -0.690. The highest BCUT2D eigenvalue weighted by Gasteiger charge is 2.33. The minimum absolute atomic E-state index is 0.597. The van der Waals surface area contributed by atoms with Crippen LogP contribution in [0.1, 0.15) is 24.0 Å². The van der Waals surface area contributed by atoms with Crippen LogP contribution in [-0.2, 0) is 17.3 Å². The minimum Gasteiger partial charge on any atom is -0.0619 e. The molecule has 14 heavy (non-hydrogen) atoms. The molecule has 1 aromatic rings. The Morgan fingerprint density at radius 1 is 1.00 bits per heavy atom. The number of rotatable bonds is 1. The van der Waals surface area contributed by atoms with Crippen LogP contribution in [-0.4, -0.2) is 11.5 Å². The zero-order valence-corrected chi connectivity index (χ0v) is 9.15. The standard InChI is InChI=1S/C13H15S/c1-2-6-12-11(5-1)7-8-13(12)14-9-3-4-10-14/h1-2,5-6,8H,3-4,7,9-10H2/q+1. The summed E-state index contributed by atoms with van der Waals surface area (Å²) in [6.07, 6.45) is 6.54. The molecule has 0 nitrogen and oxygen atoms in total. The van der Waals surface area contributed by atoms with Crippen molar-refractivity contribution < 1.29 is 0 Å². The predicted octanol–water partition coefficient (Wildman–Crippen LogP) is 3.00. The van der Waals surface area contributed by atoms with Crippen LogP contribution in [0.2, 0.25) is 0 Å². The highest BCUT2D eigenvalue weighted by Crippen LogP contribution is 2.35. The molecule has 0 amide bonds. The lowest BCUT2D eigenvalue weighted by atomic mass is 10.1. The molecule has 0 spiro atoms. The molecule has 1 aromatic carbocycles. The molecule has 2 aliphatic rings. The zero-order chi connectivity index (χ0) is 9.38. The van der Waals surface area contributed by atoms with E-state index in [1.807, 2.05) is 0 Å². The van der Waals surface area contributed by atoms with Crippen LogP contribution >= 0.6 is 0 Å². The Morgan fingerprint density at radius 3 is 2.64 bits per heavy atom. The van der Waals surface area contributed by atoms with Crippen molar-refractivity contribution in [1.29, 1.82) is 0 Å². The van der Waals surface area contributed by atoms with Crippen LogP contribution in [0.3, 0.4) is 0 Å². The van der Waals surface area contributed by atoms with E-state index in [-0.39, 0.29) is 0 Å². The summed E-state index contributed by atoms with van der Waals surface area (Å²) in [5.74, 6) is 2.89. The first-order chi connectivity index (χ1) is 6.95. The third kappa shape index (κ3) is 1.31. The zero-order valence-electron chi connectivity index (χ0n) is 8.33. The summed E-state index contributed by atoms with van der Waals surface area (Å²) < 4.78 is 0. The van der Waals surface area contributed by atoms with Gasteiger partial charge in [0.2, 0.25) is 0 Å². The van der Waals surface area contributed by atoms with Gasteiger partial charge in [-0.05, 0) is 37.0 Å². The number of hydrogen-bond acceptors (Lipinski definition) is 0. The van der Waals surface area contributed by atoms with Gasteiger partial charge in [0, 0.05) is 16.5 Å². The molecule has 0 radical (unpaired) electrons. The molecule has 0 bridgehead atoms. The average Bonchev–Trinajstić information content (AvgIpc) is 2.85. The lowest BCUT2D eigenvalue weighted by molar-refractivity contribution is 0.949. The van der Waals surface area contributed by atoms with Crippen LogP contribution in [0.25, 0.3) is 4.91 Å². The molecule has 1 aliphatic carbocycles. The first-order valence-electron chi connectivity index (χ1n) is 5.41. The van der Waals surface area contributed by atoms with E-state index in [9.17, 15) is 0 Å². The first kappa shape index (κ1) is 8.60. The molecular formula is C13H15S+. The largest absolute Gasteiger partial charge is 0.158 e. The third-order valence-electron chi connectivity index (χ3n) is 3.13. The molecule has 0 unspecified atom stereocenters. The highest BCUT2D eigenvalue weighted by molar-refractivity contribution is 8.05. The quantitative estimate of drug-likeness (QED) is 0.616. The maximum Gasteiger partial charge on any atom is 0.158 e. The molecular weight excluding hydrogens is 188 g/mol. The second-order valence-electron chi connectivity index (χ2n) is 4.04. The van der Waals surface area contributed by atoms with Gasteiger partial charge in [-0.15, -0.1) is 0 Å². The average molecular weight is 203 g/mol. The number of fused-ring (bicyclic) bond motifs is 1. The molecule has 1 aliphatic heterocycles. The van der Waals surface area contributed by atoms with Gasteiger partial charge in [-0.25, -0.2) is 0 Å². The van der Waals surface area contributed by atoms with E-state index in [2.05, 4.69) is 30.3 Å². The Kier molecular flexibility index (Phi) is 2.13. The van der Waals surface area contributed by atoms with E-state index in [1.165, 1.54) is 30.8 Å². The summed E-state index contributed by atoms with van der Waals surface area (Å²) in [5, 5.41) is 0. The van der Waals surface area contributed by atoms with Crippen molar-refractivity contribution in [2.45, 2.75) is 19.3 Å². The monoisotopic (exact) mass is 203 g/mol. The van der Waals surface area contributed by atoms with Gasteiger partial charge >= 0.3 is 0 Å². The molecule has 3 rings (SSSR count). The first-order valence-corrected chi connectivity index (χ1v) is 6.97. The van der Waals surface area contributed by atoms with Gasteiger partial charge in [-0.2, -0.15) is 0 Å². The van der Waals surface area contributed by atoms with E-state index < -0.39 is 0 Å². The molecule has 0 atom stereocenters. The van der Waals surface area contributed by atoms with Crippen molar-refractivity contribution in [2.24, 2.45) is 0 Å². The number of allylic oxidation sites excluding steroid dienone is 1. The van der Waals surface area contributed by atoms with Crippen molar-refractivity contribution in [2.75, 3.05) is 11.5 Å². The second-order valence-corrected chi connectivity index (χ2v) is 6.28. The fourth-order valence-electron chi connectivity index (χ4n) is 2.40. The topological polar surface area (TPSA) is 0 Å². The van der Waals surface area contributed by atoms with Gasteiger partial charge in [0.15, 0.2) is 4.91 Å². The van der Waals surface area contributed by atoms with Crippen LogP contribution < -0.4 is 0 Å².